The molecule has 1 atom stereocenters. The molecule has 0 aliphatic heterocycles. The summed E-state index contributed by atoms with van der Waals surface area (Å²) >= 11 is 7.43. The lowest BCUT2D eigenvalue weighted by atomic mass is 10.1. The van der Waals surface area contributed by atoms with E-state index in [4.69, 9.17) is 11.6 Å². The molecule has 114 valence electrons. The number of hydrogen-bond acceptors (Lipinski definition) is 3. The van der Waals surface area contributed by atoms with E-state index in [1.807, 2.05) is 30.5 Å². The summed E-state index contributed by atoms with van der Waals surface area (Å²) in [5.74, 6) is 0.305. The standard InChI is InChI=1S/C15H18ClNO2S2/c1-11-13(10-16)6-4-8-15(11)21(18,19)17(3)12(2)14-7-5-9-20-14/h4-9,12H,10H2,1-3H3. The molecule has 2 aromatic rings. The van der Waals surface area contributed by atoms with Crippen LogP contribution in [-0.4, -0.2) is 19.8 Å². The molecule has 0 N–H and O–H groups in total. The van der Waals surface area contributed by atoms with E-state index >= 15 is 0 Å². The monoisotopic (exact) mass is 343 g/mol. The molecule has 0 spiro atoms. The zero-order valence-electron chi connectivity index (χ0n) is 12.2. The first kappa shape index (κ1) is 16.5. The second kappa shape index (κ2) is 6.48. The fourth-order valence-electron chi connectivity index (χ4n) is 2.16. The van der Waals surface area contributed by atoms with E-state index in [2.05, 4.69) is 0 Å². The van der Waals surface area contributed by atoms with Gasteiger partial charge in [0.15, 0.2) is 0 Å². The van der Waals surface area contributed by atoms with Gasteiger partial charge in [-0.2, -0.15) is 4.31 Å². The number of halogens is 1. The van der Waals surface area contributed by atoms with Crippen LogP contribution in [0.5, 0.6) is 0 Å². The lowest BCUT2D eigenvalue weighted by molar-refractivity contribution is 0.402. The Hall–Kier alpha value is -0.880. The van der Waals surface area contributed by atoms with Crippen LogP contribution in [0.15, 0.2) is 40.6 Å². The number of hydrogen-bond donors (Lipinski definition) is 0. The lowest BCUT2D eigenvalue weighted by Crippen LogP contribution is -2.30. The molecule has 1 aromatic carbocycles. The molecule has 0 amide bonds. The predicted molar refractivity (Wildman–Crippen MR) is 88.4 cm³/mol. The first-order valence-electron chi connectivity index (χ1n) is 6.55. The molecule has 2 rings (SSSR count). The third kappa shape index (κ3) is 3.16. The van der Waals surface area contributed by atoms with E-state index in [-0.39, 0.29) is 6.04 Å². The number of thiophene rings is 1. The summed E-state index contributed by atoms with van der Waals surface area (Å²) in [6, 6.07) is 8.90. The van der Waals surface area contributed by atoms with Crippen molar-refractivity contribution in [2.75, 3.05) is 7.05 Å². The van der Waals surface area contributed by atoms with Gasteiger partial charge in [-0.3, -0.25) is 0 Å². The van der Waals surface area contributed by atoms with Gasteiger partial charge >= 0.3 is 0 Å². The van der Waals surface area contributed by atoms with E-state index in [1.54, 1.807) is 37.4 Å². The zero-order valence-corrected chi connectivity index (χ0v) is 14.6. The van der Waals surface area contributed by atoms with Crippen LogP contribution < -0.4 is 0 Å². The van der Waals surface area contributed by atoms with Crippen molar-refractivity contribution in [3.63, 3.8) is 0 Å². The molecule has 0 aliphatic rings. The largest absolute Gasteiger partial charge is 0.243 e. The quantitative estimate of drug-likeness (QED) is 0.764. The highest BCUT2D eigenvalue weighted by Crippen LogP contribution is 2.30. The van der Waals surface area contributed by atoms with Crippen molar-refractivity contribution in [3.05, 3.63) is 51.7 Å². The Morgan fingerprint density at radius 3 is 2.57 bits per heavy atom. The van der Waals surface area contributed by atoms with Crippen LogP contribution in [0, 0.1) is 6.92 Å². The smallest absolute Gasteiger partial charge is 0.207 e. The minimum absolute atomic E-state index is 0.200. The summed E-state index contributed by atoms with van der Waals surface area (Å²) in [7, 11) is -1.93. The number of nitrogens with zero attached hydrogens (tertiary/aromatic N) is 1. The van der Waals surface area contributed by atoms with Crippen LogP contribution in [0.3, 0.4) is 0 Å². The first-order chi connectivity index (χ1) is 9.89. The fourth-order valence-corrected chi connectivity index (χ4v) is 4.95. The normalized spacial score (nSPS) is 13.6. The van der Waals surface area contributed by atoms with Crippen molar-refractivity contribution in [1.82, 2.24) is 4.31 Å². The van der Waals surface area contributed by atoms with Crippen molar-refractivity contribution < 1.29 is 8.42 Å². The summed E-state index contributed by atoms with van der Waals surface area (Å²) in [6.45, 7) is 3.69. The Bertz CT molecular complexity index is 711. The molecule has 1 aromatic heterocycles. The van der Waals surface area contributed by atoms with Crippen molar-refractivity contribution in [3.8, 4) is 0 Å². The predicted octanol–water partition coefficient (Wildman–Crippen LogP) is 4.18. The minimum Gasteiger partial charge on any atom is -0.207 e. The molecule has 0 saturated carbocycles. The Kier molecular flexibility index (Phi) is 5.09. The van der Waals surface area contributed by atoms with E-state index in [0.717, 1.165) is 16.0 Å². The Labute approximate surface area is 135 Å². The van der Waals surface area contributed by atoms with E-state index in [1.165, 1.54) is 4.31 Å². The van der Waals surface area contributed by atoms with Gasteiger partial charge in [0.1, 0.15) is 0 Å². The van der Waals surface area contributed by atoms with E-state index in [0.29, 0.717) is 10.8 Å². The summed E-state index contributed by atoms with van der Waals surface area (Å²) in [5, 5.41) is 1.95. The second-order valence-electron chi connectivity index (χ2n) is 4.89. The number of sulfonamides is 1. The maximum Gasteiger partial charge on any atom is 0.243 e. The van der Waals surface area contributed by atoms with Crippen LogP contribution in [-0.2, 0) is 15.9 Å². The molecule has 0 fully saturated rings. The van der Waals surface area contributed by atoms with Gasteiger partial charge in [-0.1, -0.05) is 18.2 Å². The second-order valence-corrected chi connectivity index (χ2v) is 8.10. The molecule has 6 heteroatoms. The highest BCUT2D eigenvalue weighted by Gasteiger charge is 2.28. The minimum atomic E-state index is -3.55. The highest BCUT2D eigenvalue weighted by molar-refractivity contribution is 7.89. The summed E-state index contributed by atoms with van der Waals surface area (Å²) in [5.41, 5.74) is 1.56. The van der Waals surface area contributed by atoms with Crippen LogP contribution in [0.1, 0.15) is 29.0 Å². The third-order valence-corrected chi connectivity index (χ3v) is 7.10. The van der Waals surface area contributed by atoms with Crippen molar-refractivity contribution in [2.24, 2.45) is 0 Å². The van der Waals surface area contributed by atoms with E-state index < -0.39 is 10.0 Å². The molecule has 3 nitrogen and oxygen atoms in total. The van der Waals surface area contributed by atoms with Gasteiger partial charge in [-0.15, -0.1) is 22.9 Å². The van der Waals surface area contributed by atoms with E-state index in [9.17, 15) is 8.42 Å². The number of rotatable bonds is 5. The third-order valence-electron chi connectivity index (χ3n) is 3.70. The van der Waals surface area contributed by atoms with Crippen LogP contribution in [0.2, 0.25) is 0 Å². The van der Waals surface area contributed by atoms with Gasteiger partial charge in [-0.25, -0.2) is 8.42 Å². The van der Waals surface area contributed by atoms with Crippen LogP contribution in [0.25, 0.3) is 0 Å². The molecule has 0 aliphatic carbocycles. The SMILES string of the molecule is Cc1c(CCl)cccc1S(=O)(=O)N(C)C(C)c1cccs1. The molecule has 1 unspecified atom stereocenters. The molecule has 1 heterocycles. The highest BCUT2D eigenvalue weighted by atomic mass is 35.5. The maximum atomic E-state index is 12.8. The fraction of sp³-hybridized carbons (Fsp3) is 0.333. The maximum absolute atomic E-state index is 12.8. The van der Waals surface area contributed by atoms with Crippen LogP contribution in [0.4, 0.5) is 0 Å². The van der Waals surface area contributed by atoms with Crippen molar-refractivity contribution >= 4 is 33.0 Å². The zero-order chi connectivity index (χ0) is 15.6. The average Bonchev–Trinajstić information content (AvgIpc) is 2.99. The van der Waals surface area contributed by atoms with Crippen molar-refractivity contribution in [1.29, 1.82) is 0 Å². The lowest BCUT2D eigenvalue weighted by Gasteiger charge is -2.24. The number of benzene rings is 1. The Balaban J connectivity index is 2.42. The topological polar surface area (TPSA) is 37.4 Å². The average molecular weight is 344 g/mol. The van der Waals surface area contributed by atoms with Gasteiger partial charge in [0.2, 0.25) is 10.0 Å². The Morgan fingerprint density at radius 2 is 2.00 bits per heavy atom. The summed E-state index contributed by atoms with van der Waals surface area (Å²) in [4.78, 5) is 1.35. The summed E-state index contributed by atoms with van der Waals surface area (Å²) in [6.07, 6.45) is 0. The molecule has 0 saturated heterocycles. The van der Waals surface area contributed by atoms with Gasteiger partial charge in [0.05, 0.1) is 10.9 Å². The molecule has 0 bridgehead atoms. The van der Waals surface area contributed by atoms with Gasteiger partial charge < -0.3 is 0 Å². The van der Waals surface area contributed by atoms with Gasteiger partial charge in [0, 0.05) is 17.8 Å². The summed E-state index contributed by atoms with van der Waals surface area (Å²) < 4.78 is 27.1. The van der Waals surface area contributed by atoms with Gasteiger partial charge in [-0.05, 0) is 42.5 Å². The molecular weight excluding hydrogens is 326 g/mol. The molecule has 0 radical (unpaired) electrons. The van der Waals surface area contributed by atoms with Crippen LogP contribution >= 0.6 is 22.9 Å². The number of alkyl halides is 1. The Morgan fingerprint density at radius 1 is 1.29 bits per heavy atom. The first-order valence-corrected chi connectivity index (χ1v) is 9.41. The molecule has 21 heavy (non-hydrogen) atoms. The van der Waals surface area contributed by atoms with Gasteiger partial charge in [0.25, 0.3) is 0 Å². The molecular formula is C15H18ClNO2S2. The van der Waals surface area contributed by atoms with Crippen molar-refractivity contribution in [2.45, 2.75) is 30.7 Å².